The Kier molecular flexibility index (Phi) is 5.43. The molecule has 2 heterocycles. The Bertz CT molecular complexity index is 748. The van der Waals surface area contributed by atoms with Gasteiger partial charge in [0.05, 0.1) is 24.1 Å². The molecule has 0 amide bonds. The summed E-state index contributed by atoms with van der Waals surface area (Å²) in [6.07, 6.45) is 2.74. The molecule has 9 heteroatoms. The monoisotopic (exact) mass is 370 g/mol. The van der Waals surface area contributed by atoms with Crippen LogP contribution in [0, 0.1) is 5.82 Å². The van der Waals surface area contributed by atoms with E-state index in [4.69, 9.17) is 10.5 Å². The van der Waals surface area contributed by atoms with E-state index in [1.54, 1.807) is 6.07 Å². The van der Waals surface area contributed by atoms with Crippen molar-refractivity contribution in [2.24, 2.45) is 10.7 Å². The van der Waals surface area contributed by atoms with Crippen molar-refractivity contribution in [3.05, 3.63) is 29.6 Å². The van der Waals surface area contributed by atoms with Crippen molar-refractivity contribution in [2.75, 3.05) is 29.8 Å². The minimum Gasteiger partial charge on any atom is -0.376 e. The van der Waals surface area contributed by atoms with Gasteiger partial charge in [0.15, 0.2) is 5.96 Å². The lowest BCUT2D eigenvalue weighted by molar-refractivity contribution is 0.114. The molecule has 0 spiro atoms. The first kappa shape index (κ1) is 17.9. The second-order valence-corrected chi connectivity index (χ2v) is 8.26. The number of anilines is 1. The molecule has 2 aliphatic heterocycles. The van der Waals surface area contributed by atoms with Crippen LogP contribution < -0.4 is 15.4 Å². The summed E-state index contributed by atoms with van der Waals surface area (Å²) in [6, 6.07) is 4.46. The quantitative estimate of drug-likeness (QED) is 0.594. The van der Waals surface area contributed by atoms with E-state index in [2.05, 4.69) is 10.3 Å². The molecule has 1 aromatic carbocycles. The Morgan fingerprint density at radius 2 is 2.28 bits per heavy atom. The van der Waals surface area contributed by atoms with Gasteiger partial charge in [0.2, 0.25) is 10.0 Å². The summed E-state index contributed by atoms with van der Waals surface area (Å²) in [4.78, 5) is 4.18. The third-order valence-electron chi connectivity index (χ3n) is 4.35. The SMILES string of the molecule is NC(=NCc1ccc(N2CCCS2(=O)=O)c(F)c1)NCC1CCCO1. The Labute approximate surface area is 147 Å². The van der Waals surface area contributed by atoms with Crippen LogP contribution in [0.3, 0.4) is 0 Å². The van der Waals surface area contributed by atoms with E-state index in [1.807, 2.05) is 0 Å². The smallest absolute Gasteiger partial charge is 0.235 e. The number of guanidine groups is 1. The lowest BCUT2D eigenvalue weighted by atomic mass is 10.2. The molecule has 3 N–H and O–H groups in total. The molecule has 138 valence electrons. The van der Waals surface area contributed by atoms with E-state index in [1.165, 1.54) is 12.1 Å². The molecular weight excluding hydrogens is 347 g/mol. The first-order valence-corrected chi connectivity index (χ1v) is 10.0. The molecule has 3 rings (SSSR count). The molecule has 0 saturated carbocycles. The average Bonchev–Trinajstić information content (AvgIpc) is 3.20. The molecule has 25 heavy (non-hydrogen) atoms. The zero-order chi connectivity index (χ0) is 17.9. The van der Waals surface area contributed by atoms with Crippen LogP contribution >= 0.6 is 0 Å². The fraction of sp³-hybridized carbons (Fsp3) is 0.562. The van der Waals surface area contributed by atoms with Crippen LogP contribution in [0.15, 0.2) is 23.2 Å². The van der Waals surface area contributed by atoms with Gasteiger partial charge in [-0.2, -0.15) is 0 Å². The Balaban J connectivity index is 1.59. The summed E-state index contributed by atoms with van der Waals surface area (Å²) >= 11 is 0. The maximum atomic E-state index is 14.3. The second-order valence-electron chi connectivity index (χ2n) is 6.24. The summed E-state index contributed by atoms with van der Waals surface area (Å²) in [5.41, 5.74) is 6.52. The summed E-state index contributed by atoms with van der Waals surface area (Å²) in [5, 5.41) is 3.00. The molecule has 1 unspecified atom stereocenters. The van der Waals surface area contributed by atoms with Gasteiger partial charge in [-0.25, -0.2) is 17.8 Å². The number of rotatable bonds is 5. The van der Waals surface area contributed by atoms with Crippen LogP contribution in [-0.4, -0.2) is 45.9 Å². The van der Waals surface area contributed by atoms with Crippen LogP contribution in [0.2, 0.25) is 0 Å². The van der Waals surface area contributed by atoms with Gasteiger partial charge in [0, 0.05) is 19.7 Å². The number of hydrogen-bond acceptors (Lipinski definition) is 4. The predicted octanol–water partition coefficient (Wildman–Crippen LogP) is 0.949. The largest absolute Gasteiger partial charge is 0.376 e. The van der Waals surface area contributed by atoms with Gasteiger partial charge >= 0.3 is 0 Å². The number of nitrogens with zero attached hydrogens (tertiary/aromatic N) is 2. The molecule has 2 aliphatic rings. The van der Waals surface area contributed by atoms with E-state index in [-0.39, 0.29) is 30.0 Å². The molecule has 0 aromatic heterocycles. The van der Waals surface area contributed by atoms with Crippen molar-refractivity contribution in [3.8, 4) is 0 Å². The fourth-order valence-corrected chi connectivity index (χ4v) is 4.59. The molecule has 1 aromatic rings. The predicted molar refractivity (Wildman–Crippen MR) is 94.5 cm³/mol. The zero-order valence-electron chi connectivity index (χ0n) is 13.9. The molecule has 0 aliphatic carbocycles. The first-order chi connectivity index (χ1) is 12.0. The topological polar surface area (TPSA) is 97.0 Å². The normalized spacial score (nSPS) is 23.2. The maximum absolute atomic E-state index is 14.3. The highest BCUT2D eigenvalue weighted by molar-refractivity contribution is 7.93. The molecule has 7 nitrogen and oxygen atoms in total. The molecular formula is C16H23FN4O3S. The van der Waals surface area contributed by atoms with Gasteiger partial charge in [-0.1, -0.05) is 6.07 Å². The van der Waals surface area contributed by atoms with Crippen LogP contribution in [-0.2, 0) is 21.3 Å². The third kappa shape index (κ3) is 4.40. The van der Waals surface area contributed by atoms with Crippen LogP contribution in [0.25, 0.3) is 0 Å². The van der Waals surface area contributed by atoms with Crippen LogP contribution in [0.5, 0.6) is 0 Å². The number of aliphatic imine (C=N–C) groups is 1. The molecule has 1 atom stereocenters. The molecule has 2 saturated heterocycles. The number of nitrogens with one attached hydrogen (secondary N) is 1. The van der Waals surface area contributed by atoms with Gasteiger partial charge < -0.3 is 15.8 Å². The number of halogens is 1. The van der Waals surface area contributed by atoms with E-state index in [0.29, 0.717) is 25.1 Å². The van der Waals surface area contributed by atoms with Crippen molar-refractivity contribution in [1.29, 1.82) is 0 Å². The zero-order valence-corrected chi connectivity index (χ0v) is 14.8. The number of ether oxygens (including phenoxy) is 1. The number of benzene rings is 1. The van der Waals surface area contributed by atoms with Crippen LogP contribution in [0.1, 0.15) is 24.8 Å². The second kappa shape index (κ2) is 7.57. The fourth-order valence-electron chi connectivity index (χ4n) is 3.02. The van der Waals surface area contributed by atoms with Crippen LogP contribution in [0.4, 0.5) is 10.1 Å². The highest BCUT2D eigenvalue weighted by Crippen LogP contribution is 2.27. The Hall–Kier alpha value is -1.87. The highest BCUT2D eigenvalue weighted by Gasteiger charge is 2.30. The highest BCUT2D eigenvalue weighted by atomic mass is 32.2. The standard InChI is InChI=1S/C16H23FN4O3S/c17-14-9-12(4-5-15(14)21-6-2-8-25(21,22)23)10-19-16(18)20-11-13-3-1-7-24-13/h4-5,9,13H,1-3,6-8,10-11H2,(H3,18,19,20). The molecule has 0 bridgehead atoms. The van der Waals surface area contributed by atoms with E-state index < -0.39 is 15.8 Å². The minimum atomic E-state index is -3.39. The summed E-state index contributed by atoms with van der Waals surface area (Å²) in [7, 11) is -3.39. The maximum Gasteiger partial charge on any atom is 0.235 e. The van der Waals surface area contributed by atoms with Crippen molar-refractivity contribution >= 4 is 21.7 Å². The van der Waals surface area contributed by atoms with Crippen molar-refractivity contribution in [2.45, 2.75) is 31.9 Å². The Morgan fingerprint density at radius 3 is 2.92 bits per heavy atom. The van der Waals surface area contributed by atoms with E-state index in [0.717, 1.165) is 23.8 Å². The van der Waals surface area contributed by atoms with E-state index in [9.17, 15) is 12.8 Å². The van der Waals surface area contributed by atoms with Gasteiger partial charge in [-0.05, 0) is 37.0 Å². The molecule has 2 fully saturated rings. The summed E-state index contributed by atoms with van der Waals surface area (Å²) < 4.78 is 44.7. The first-order valence-electron chi connectivity index (χ1n) is 8.40. The lowest BCUT2D eigenvalue weighted by Gasteiger charge is -2.18. The Morgan fingerprint density at radius 1 is 1.44 bits per heavy atom. The third-order valence-corrected chi connectivity index (χ3v) is 6.20. The van der Waals surface area contributed by atoms with Gasteiger partial charge in [0.1, 0.15) is 5.82 Å². The minimum absolute atomic E-state index is 0.0609. The van der Waals surface area contributed by atoms with Crippen molar-refractivity contribution in [1.82, 2.24) is 5.32 Å². The number of nitrogens with two attached hydrogens (primary N) is 1. The van der Waals surface area contributed by atoms with Gasteiger partial charge in [-0.3, -0.25) is 4.31 Å². The van der Waals surface area contributed by atoms with Gasteiger partial charge in [0.25, 0.3) is 0 Å². The number of sulfonamides is 1. The van der Waals surface area contributed by atoms with Crippen molar-refractivity contribution in [3.63, 3.8) is 0 Å². The number of hydrogen-bond donors (Lipinski definition) is 2. The van der Waals surface area contributed by atoms with Gasteiger partial charge in [-0.15, -0.1) is 0 Å². The summed E-state index contributed by atoms with van der Waals surface area (Å²) in [6.45, 7) is 1.92. The molecule has 0 radical (unpaired) electrons. The summed E-state index contributed by atoms with van der Waals surface area (Å²) in [5.74, 6) is -0.225. The lowest BCUT2D eigenvalue weighted by Crippen LogP contribution is -2.37. The average molecular weight is 370 g/mol. The van der Waals surface area contributed by atoms with E-state index >= 15 is 0 Å². The van der Waals surface area contributed by atoms with Crippen molar-refractivity contribution < 1.29 is 17.5 Å².